The first-order chi connectivity index (χ1) is 14.3. The number of hydrogen-bond donors (Lipinski definition) is 1. The Morgan fingerprint density at radius 1 is 1.27 bits per heavy atom. The van der Waals surface area contributed by atoms with Crippen molar-refractivity contribution in [2.24, 2.45) is 7.05 Å². The maximum Gasteiger partial charge on any atom is 0.269 e. The van der Waals surface area contributed by atoms with Crippen molar-refractivity contribution in [3.63, 3.8) is 0 Å². The number of benzene rings is 2. The van der Waals surface area contributed by atoms with E-state index in [0.29, 0.717) is 27.4 Å². The Morgan fingerprint density at radius 3 is 2.63 bits per heavy atom. The molecule has 0 radical (unpaired) electrons. The predicted molar refractivity (Wildman–Crippen MR) is 114 cm³/mol. The third kappa shape index (κ3) is 5.28. The van der Waals surface area contributed by atoms with Gasteiger partial charge in [0.2, 0.25) is 5.91 Å². The molecule has 0 aliphatic carbocycles. The Labute approximate surface area is 181 Å². The number of thioether (sulfide) groups is 1. The van der Waals surface area contributed by atoms with Gasteiger partial charge in [0.05, 0.1) is 15.7 Å². The molecule has 1 atom stereocenters. The highest BCUT2D eigenvalue weighted by atomic mass is 35.5. The number of rotatable bonds is 8. The number of hydrogen-bond acceptors (Lipinski definition) is 7. The number of non-ortho nitro benzene ring substituents is 1. The molecule has 1 unspecified atom stereocenters. The molecule has 3 rings (SSSR count). The molecule has 30 heavy (non-hydrogen) atoms. The van der Waals surface area contributed by atoms with E-state index in [1.807, 2.05) is 19.1 Å². The standard InChI is InChI=1S/C19H18ClN5O4S/c1-12(29-16-6-4-3-5-15(16)20)18-22-23-19(24(18)2)30-11-17(26)21-13-7-9-14(10-8-13)25(27)28/h3-10,12H,11H2,1-2H3,(H,21,26). The number of para-hydroxylation sites is 1. The lowest BCUT2D eigenvalue weighted by Gasteiger charge is -2.15. The molecule has 0 aliphatic heterocycles. The molecule has 0 saturated heterocycles. The number of carbonyl (C=O) groups excluding carboxylic acids is 1. The van der Waals surface area contributed by atoms with Crippen LogP contribution in [0.25, 0.3) is 0 Å². The van der Waals surface area contributed by atoms with E-state index in [-0.39, 0.29) is 17.3 Å². The van der Waals surface area contributed by atoms with E-state index >= 15 is 0 Å². The van der Waals surface area contributed by atoms with E-state index in [9.17, 15) is 14.9 Å². The second-order valence-corrected chi connectivity index (χ2v) is 7.58. The molecule has 2 aromatic carbocycles. The first-order valence-electron chi connectivity index (χ1n) is 8.82. The first-order valence-corrected chi connectivity index (χ1v) is 10.2. The summed E-state index contributed by atoms with van der Waals surface area (Å²) in [7, 11) is 1.79. The summed E-state index contributed by atoms with van der Waals surface area (Å²) in [6.07, 6.45) is -0.398. The van der Waals surface area contributed by atoms with Gasteiger partial charge in [0.25, 0.3) is 5.69 Å². The number of nitrogens with zero attached hydrogens (tertiary/aromatic N) is 4. The van der Waals surface area contributed by atoms with E-state index in [1.165, 1.54) is 36.0 Å². The first kappa shape index (κ1) is 21.6. The summed E-state index contributed by atoms with van der Waals surface area (Å²) in [5.74, 6) is 0.973. The number of halogens is 1. The van der Waals surface area contributed by atoms with Crippen LogP contribution in [0.2, 0.25) is 5.02 Å². The fourth-order valence-corrected chi connectivity index (χ4v) is 3.48. The van der Waals surface area contributed by atoms with Crippen molar-refractivity contribution in [2.45, 2.75) is 18.2 Å². The lowest BCUT2D eigenvalue weighted by atomic mass is 10.3. The maximum absolute atomic E-state index is 12.2. The van der Waals surface area contributed by atoms with Crippen LogP contribution in [0.5, 0.6) is 5.75 Å². The molecule has 0 fully saturated rings. The maximum atomic E-state index is 12.2. The van der Waals surface area contributed by atoms with Crippen LogP contribution in [-0.4, -0.2) is 31.3 Å². The van der Waals surface area contributed by atoms with Crippen molar-refractivity contribution < 1.29 is 14.5 Å². The molecule has 11 heteroatoms. The van der Waals surface area contributed by atoms with Crippen molar-refractivity contribution in [3.8, 4) is 5.75 Å². The summed E-state index contributed by atoms with van der Waals surface area (Å²) in [6, 6.07) is 12.8. The number of nitro benzene ring substituents is 1. The highest BCUT2D eigenvalue weighted by Gasteiger charge is 2.19. The van der Waals surface area contributed by atoms with E-state index in [1.54, 1.807) is 23.7 Å². The predicted octanol–water partition coefficient (Wildman–Crippen LogP) is 4.25. The minimum atomic E-state index is -0.496. The monoisotopic (exact) mass is 447 g/mol. The van der Waals surface area contributed by atoms with Gasteiger partial charge in [-0.1, -0.05) is 35.5 Å². The van der Waals surface area contributed by atoms with Gasteiger partial charge >= 0.3 is 0 Å². The molecular weight excluding hydrogens is 430 g/mol. The average Bonchev–Trinajstić information content (AvgIpc) is 3.09. The third-order valence-corrected chi connectivity index (χ3v) is 5.40. The molecule has 0 aliphatic rings. The van der Waals surface area contributed by atoms with E-state index in [4.69, 9.17) is 16.3 Å². The van der Waals surface area contributed by atoms with Crippen LogP contribution in [0.15, 0.2) is 53.7 Å². The number of ether oxygens (including phenoxy) is 1. The molecule has 0 saturated carbocycles. The van der Waals surface area contributed by atoms with Gasteiger partial charge < -0.3 is 14.6 Å². The van der Waals surface area contributed by atoms with Gasteiger partial charge in [-0.15, -0.1) is 10.2 Å². The van der Waals surface area contributed by atoms with Crippen molar-refractivity contribution in [1.29, 1.82) is 0 Å². The zero-order valence-corrected chi connectivity index (χ0v) is 17.7. The van der Waals surface area contributed by atoms with Gasteiger partial charge in [-0.25, -0.2) is 0 Å². The molecule has 1 aromatic heterocycles. The highest BCUT2D eigenvalue weighted by molar-refractivity contribution is 7.99. The van der Waals surface area contributed by atoms with E-state index < -0.39 is 11.0 Å². The molecule has 0 spiro atoms. The van der Waals surface area contributed by atoms with Gasteiger partial charge in [0.15, 0.2) is 17.1 Å². The molecule has 156 valence electrons. The summed E-state index contributed by atoms with van der Waals surface area (Å²) in [4.78, 5) is 22.4. The Hall–Kier alpha value is -3.11. The Morgan fingerprint density at radius 2 is 1.97 bits per heavy atom. The SMILES string of the molecule is CC(Oc1ccccc1Cl)c1nnc(SCC(=O)Nc2ccc([N+](=O)[O-])cc2)n1C. The topological polar surface area (TPSA) is 112 Å². The number of anilines is 1. The Kier molecular flexibility index (Phi) is 6.91. The van der Waals surface area contributed by atoms with Crippen molar-refractivity contribution in [2.75, 3.05) is 11.1 Å². The Balaban J connectivity index is 1.57. The second kappa shape index (κ2) is 9.59. The van der Waals surface area contributed by atoms with Gasteiger partial charge in [-0.2, -0.15) is 0 Å². The Bertz CT molecular complexity index is 1060. The number of aromatic nitrogens is 3. The van der Waals surface area contributed by atoms with Crippen LogP contribution >= 0.6 is 23.4 Å². The largest absolute Gasteiger partial charge is 0.481 e. The minimum Gasteiger partial charge on any atom is -0.481 e. The van der Waals surface area contributed by atoms with E-state index in [0.717, 1.165) is 0 Å². The van der Waals surface area contributed by atoms with Crippen LogP contribution in [0.3, 0.4) is 0 Å². The molecule has 1 amide bonds. The van der Waals surface area contributed by atoms with Crippen LogP contribution < -0.4 is 10.1 Å². The highest BCUT2D eigenvalue weighted by Crippen LogP contribution is 2.29. The van der Waals surface area contributed by atoms with Crippen molar-refractivity contribution in [3.05, 3.63) is 69.5 Å². The summed E-state index contributed by atoms with van der Waals surface area (Å²) in [5, 5.41) is 22.7. The number of nitrogens with one attached hydrogen (secondary N) is 1. The number of nitro groups is 1. The van der Waals surface area contributed by atoms with Gasteiger partial charge in [0.1, 0.15) is 5.75 Å². The fourth-order valence-electron chi connectivity index (χ4n) is 2.58. The van der Waals surface area contributed by atoms with Gasteiger partial charge in [-0.3, -0.25) is 14.9 Å². The number of carbonyl (C=O) groups is 1. The lowest BCUT2D eigenvalue weighted by Crippen LogP contribution is -2.15. The molecule has 1 heterocycles. The molecular formula is C19H18ClN5O4S. The molecule has 9 nitrogen and oxygen atoms in total. The summed E-state index contributed by atoms with van der Waals surface area (Å²) in [5.41, 5.74) is 0.439. The van der Waals surface area contributed by atoms with Crippen LogP contribution in [-0.2, 0) is 11.8 Å². The molecule has 3 aromatic rings. The number of amides is 1. The average molecular weight is 448 g/mol. The fraction of sp³-hybridized carbons (Fsp3) is 0.211. The van der Waals surface area contributed by atoms with Crippen LogP contribution in [0.4, 0.5) is 11.4 Å². The smallest absolute Gasteiger partial charge is 0.269 e. The summed E-state index contributed by atoms with van der Waals surface area (Å²) >= 11 is 7.34. The van der Waals surface area contributed by atoms with Crippen LogP contribution in [0.1, 0.15) is 18.9 Å². The van der Waals surface area contributed by atoms with Crippen molar-refractivity contribution in [1.82, 2.24) is 14.8 Å². The lowest BCUT2D eigenvalue weighted by molar-refractivity contribution is -0.384. The quantitative estimate of drug-likeness (QED) is 0.312. The van der Waals surface area contributed by atoms with E-state index in [2.05, 4.69) is 15.5 Å². The summed E-state index contributed by atoms with van der Waals surface area (Å²) in [6.45, 7) is 1.84. The zero-order valence-electron chi connectivity index (χ0n) is 16.1. The zero-order chi connectivity index (χ0) is 21.7. The van der Waals surface area contributed by atoms with Crippen LogP contribution in [0, 0.1) is 10.1 Å². The van der Waals surface area contributed by atoms with Gasteiger partial charge in [-0.05, 0) is 31.2 Å². The normalized spacial score (nSPS) is 11.7. The van der Waals surface area contributed by atoms with Crippen molar-refractivity contribution >= 4 is 40.6 Å². The minimum absolute atomic E-state index is 0.0397. The van der Waals surface area contributed by atoms with Gasteiger partial charge in [0, 0.05) is 24.9 Å². The molecule has 1 N–H and O–H groups in total. The second-order valence-electron chi connectivity index (χ2n) is 6.23. The molecule has 0 bridgehead atoms. The summed E-state index contributed by atoms with van der Waals surface area (Å²) < 4.78 is 7.62. The third-order valence-electron chi connectivity index (χ3n) is 4.07.